The van der Waals surface area contributed by atoms with Crippen LogP contribution in [0.5, 0.6) is 11.5 Å². The zero-order valence-electron chi connectivity index (χ0n) is 24.9. The van der Waals surface area contributed by atoms with Gasteiger partial charge in [0, 0.05) is 80.0 Å². The topological polar surface area (TPSA) is 93.7 Å². The van der Waals surface area contributed by atoms with Crippen molar-refractivity contribution in [2.45, 2.75) is 13.8 Å². The molecule has 0 amide bonds. The van der Waals surface area contributed by atoms with E-state index in [1.54, 1.807) is 24.3 Å². The molecule has 0 aromatic heterocycles. The van der Waals surface area contributed by atoms with Gasteiger partial charge in [-0.1, -0.05) is 47.5 Å². The molecule has 2 rings (SSSR count). The number of benzene rings is 2. The van der Waals surface area contributed by atoms with Crippen LogP contribution >= 0.6 is 31.7 Å². The van der Waals surface area contributed by atoms with E-state index >= 15 is 0 Å². The Bertz CT molecular complexity index is 653. The van der Waals surface area contributed by atoms with E-state index in [1.165, 1.54) is 12.1 Å². The second-order valence-corrected chi connectivity index (χ2v) is 22.0. The minimum Gasteiger partial charge on any atom is -0.873 e. The van der Waals surface area contributed by atoms with Crippen LogP contribution in [0.4, 0.5) is 11.4 Å². The fourth-order valence-corrected chi connectivity index (χ4v) is 1.29. The first-order chi connectivity index (χ1) is 15.3. The maximum absolute atomic E-state index is 10.6. The van der Waals surface area contributed by atoms with Crippen LogP contribution < -0.4 is 10.2 Å². The van der Waals surface area contributed by atoms with Gasteiger partial charge in [-0.15, -0.1) is 22.9 Å². The first kappa shape index (κ1) is 49.3. The van der Waals surface area contributed by atoms with Gasteiger partial charge in [-0.3, -0.25) is 0 Å². The van der Waals surface area contributed by atoms with Crippen LogP contribution in [0.3, 0.4) is 0 Å². The van der Waals surface area contributed by atoms with Crippen molar-refractivity contribution >= 4 is 43.1 Å². The third-order valence-electron chi connectivity index (χ3n) is 2.27. The van der Waals surface area contributed by atoms with E-state index in [9.17, 15) is 10.2 Å². The summed E-state index contributed by atoms with van der Waals surface area (Å²) in [5, 5.41) is 21.2. The Morgan fingerprint density at radius 3 is 0.750 bits per heavy atom. The molecule has 2 radical (unpaired) electrons. The summed E-state index contributed by atoms with van der Waals surface area (Å²) in [6.45, 7) is 30.9. The smallest absolute Gasteiger partial charge is 0.873 e. The van der Waals surface area contributed by atoms with Crippen molar-refractivity contribution in [3.8, 4) is 11.5 Å². The van der Waals surface area contributed by atoms with Crippen LogP contribution in [0, 0.1) is 13.8 Å². The Labute approximate surface area is 250 Å². The number of rotatable bonds is 0. The molecule has 0 fully saturated rings. The molecule has 36 heavy (non-hydrogen) atoms. The van der Waals surface area contributed by atoms with Crippen LogP contribution in [0.15, 0.2) is 36.4 Å². The first-order valence-electron chi connectivity index (χ1n) is 11.4. The largest absolute Gasteiger partial charge is 2.00 e. The van der Waals surface area contributed by atoms with Gasteiger partial charge in [0.15, 0.2) is 0 Å². The summed E-state index contributed by atoms with van der Waals surface area (Å²) >= 11 is 0. The standard InChI is InChI=1S/2C7H8NO.4C3H9P.2Co/c2*1-5-2-3-7(9)6(8)4-5;4*1-4(2)3;;/h2*2-4,8-9H,1H3;4*1-3H3;;/q2*-1;;;;;2*+2/p+2. The van der Waals surface area contributed by atoms with Gasteiger partial charge >= 0.3 is 33.6 Å². The zero-order chi connectivity index (χ0) is 28.0. The fraction of sp³-hybridized carbons (Fsp3) is 0.538. The Morgan fingerprint density at radius 2 is 0.639 bits per heavy atom. The Morgan fingerprint density at radius 1 is 0.472 bits per heavy atom. The fourth-order valence-electron chi connectivity index (χ4n) is 1.29. The SMILES string of the molecule is C[PH+](C)C.C[PH+](C)C.C[PH+](C)C.C[PH+](C)C.Cc1ccc([O-])c([NH-])c1.Cc1ccc([O-])c([NH-])c1.[Co+2].[Co+2]. The van der Waals surface area contributed by atoms with Crippen molar-refractivity contribution in [1.82, 2.24) is 0 Å². The average Bonchev–Trinajstić information content (AvgIpc) is 2.60. The maximum atomic E-state index is 10.6. The first-order valence-corrected chi connectivity index (χ1v) is 23.4. The van der Waals surface area contributed by atoms with E-state index in [0.29, 0.717) is 0 Å². The molecular formula is C26H54Co2N2O2P4+4. The molecule has 0 bridgehead atoms. The van der Waals surface area contributed by atoms with Gasteiger partial charge in [0.25, 0.3) is 0 Å². The van der Waals surface area contributed by atoms with Gasteiger partial charge in [-0.2, -0.15) is 0 Å². The number of hydrogen-bond acceptors (Lipinski definition) is 2. The molecule has 2 N–H and O–H groups in total. The molecule has 0 atom stereocenters. The van der Waals surface area contributed by atoms with Crippen molar-refractivity contribution in [2.24, 2.45) is 0 Å². The molecule has 4 nitrogen and oxygen atoms in total. The zero-order valence-corrected chi connectivity index (χ0v) is 31.0. The normalized spacial score (nSPS) is 8.72. The van der Waals surface area contributed by atoms with Crippen LogP contribution in [0.25, 0.3) is 11.5 Å². The van der Waals surface area contributed by atoms with Crippen molar-refractivity contribution in [3.63, 3.8) is 0 Å². The summed E-state index contributed by atoms with van der Waals surface area (Å²) < 4.78 is 0. The molecule has 0 saturated carbocycles. The number of nitrogens with one attached hydrogen (secondary N) is 2. The molecule has 10 heteroatoms. The quantitative estimate of drug-likeness (QED) is 0.268. The Kier molecular flexibility index (Phi) is 43.3. The third-order valence-corrected chi connectivity index (χ3v) is 2.27. The van der Waals surface area contributed by atoms with Gasteiger partial charge in [0.05, 0.1) is 0 Å². The summed E-state index contributed by atoms with van der Waals surface area (Å²) in [5.41, 5.74) is 16.2. The predicted molar refractivity (Wildman–Crippen MR) is 174 cm³/mol. The van der Waals surface area contributed by atoms with Crippen molar-refractivity contribution in [1.29, 1.82) is 0 Å². The van der Waals surface area contributed by atoms with E-state index in [-0.39, 0.29) is 88.1 Å². The molecular weight excluding hydrogens is 614 g/mol. The molecule has 2 aromatic rings. The van der Waals surface area contributed by atoms with E-state index in [0.717, 1.165) is 11.1 Å². The summed E-state index contributed by atoms with van der Waals surface area (Å²) in [6.07, 6.45) is 0. The molecule has 0 saturated heterocycles. The monoisotopic (exact) mass is 668 g/mol. The Hall–Kier alpha value is 0.373. The molecule has 0 heterocycles. The molecule has 0 spiro atoms. The summed E-state index contributed by atoms with van der Waals surface area (Å²) in [5.74, 6) is -0.416. The molecule has 2 aromatic carbocycles. The van der Waals surface area contributed by atoms with E-state index in [2.05, 4.69) is 80.0 Å². The second-order valence-electron chi connectivity index (χ2n) is 10.00. The molecule has 214 valence electrons. The van der Waals surface area contributed by atoms with Crippen molar-refractivity contribution in [2.75, 3.05) is 80.0 Å². The van der Waals surface area contributed by atoms with Crippen LogP contribution in [0.1, 0.15) is 11.1 Å². The van der Waals surface area contributed by atoms with E-state index in [1.807, 2.05) is 13.8 Å². The molecule has 0 aliphatic rings. The van der Waals surface area contributed by atoms with Crippen LogP contribution in [-0.4, -0.2) is 80.0 Å². The van der Waals surface area contributed by atoms with Crippen molar-refractivity contribution in [3.05, 3.63) is 59.0 Å². The summed E-state index contributed by atoms with van der Waals surface area (Å²) in [7, 11) is 0.481. The third kappa shape index (κ3) is 55.0. The maximum Gasteiger partial charge on any atom is 2.00 e. The van der Waals surface area contributed by atoms with Gasteiger partial charge in [-0.25, -0.2) is 0 Å². The predicted octanol–water partition coefficient (Wildman–Crippen LogP) is 7.86. The molecule has 0 aliphatic carbocycles. The van der Waals surface area contributed by atoms with Crippen LogP contribution in [-0.2, 0) is 33.6 Å². The van der Waals surface area contributed by atoms with E-state index < -0.39 is 0 Å². The van der Waals surface area contributed by atoms with Gasteiger partial charge in [0.2, 0.25) is 0 Å². The minimum absolute atomic E-state index is 0. The Balaban J connectivity index is -0.0000000781. The van der Waals surface area contributed by atoms with E-state index in [4.69, 9.17) is 11.5 Å². The van der Waals surface area contributed by atoms with Gasteiger partial charge < -0.3 is 21.7 Å². The van der Waals surface area contributed by atoms with Gasteiger partial charge in [-0.05, 0) is 45.5 Å². The number of aryl methyl sites for hydroxylation is 2. The summed E-state index contributed by atoms with van der Waals surface area (Å²) in [6, 6.07) is 9.36. The van der Waals surface area contributed by atoms with Gasteiger partial charge in [0.1, 0.15) is 0 Å². The van der Waals surface area contributed by atoms with Crippen molar-refractivity contribution < 1.29 is 43.8 Å². The second kappa shape index (κ2) is 31.6. The number of hydrogen-bond donors (Lipinski definition) is 0. The van der Waals surface area contributed by atoms with Crippen LogP contribution in [0.2, 0.25) is 0 Å². The molecule has 0 unspecified atom stereocenters. The molecule has 0 aliphatic heterocycles. The average molecular weight is 668 g/mol. The minimum atomic E-state index is -0.208. The summed E-state index contributed by atoms with van der Waals surface area (Å²) in [4.78, 5) is 0.